The number of rotatable bonds is 8. The van der Waals surface area contributed by atoms with Gasteiger partial charge in [0.25, 0.3) is 0 Å². The van der Waals surface area contributed by atoms with E-state index >= 15 is 0 Å². The average molecular weight is 289 g/mol. The normalized spacial score (nSPS) is 17.6. The topological polar surface area (TPSA) is 29.5 Å². The molecule has 0 bridgehead atoms. The van der Waals surface area contributed by atoms with Gasteiger partial charge in [0, 0.05) is 25.3 Å². The predicted molar refractivity (Wildman–Crippen MR) is 85.5 cm³/mol. The Kier molecular flexibility index (Phi) is 6.90. The Morgan fingerprint density at radius 3 is 2.57 bits per heavy atom. The zero-order valence-electron chi connectivity index (χ0n) is 13.1. The summed E-state index contributed by atoms with van der Waals surface area (Å²) in [5.41, 5.74) is 0.790. The van der Waals surface area contributed by atoms with E-state index in [4.69, 9.17) is 4.74 Å². The molecule has 0 spiro atoms. The van der Waals surface area contributed by atoms with Crippen molar-refractivity contribution in [3.63, 3.8) is 0 Å². The van der Waals surface area contributed by atoms with Crippen LogP contribution in [0, 0.1) is 0 Å². The third kappa shape index (κ3) is 5.25. The summed E-state index contributed by atoms with van der Waals surface area (Å²) in [4.78, 5) is 14.8. The van der Waals surface area contributed by atoms with Crippen LogP contribution in [-0.2, 0) is 4.74 Å². The summed E-state index contributed by atoms with van der Waals surface area (Å²) in [6, 6.07) is 9.56. The van der Waals surface area contributed by atoms with Gasteiger partial charge >= 0.3 is 0 Å². The van der Waals surface area contributed by atoms with E-state index < -0.39 is 0 Å². The van der Waals surface area contributed by atoms with Crippen LogP contribution < -0.4 is 0 Å². The lowest BCUT2D eigenvalue weighted by Crippen LogP contribution is -2.42. The standard InChI is InChI=1S/C18H27NO2/c1-2-3-14-21-18(19-12-8-5-9-13-19)15-17(20)16-10-6-4-7-11-16/h4,6-7,10-11,18H,2-3,5,8-9,12-15H2,1H3. The number of Topliss-reactive ketones (excluding diaryl/α,β-unsaturated/α-hetero) is 1. The summed E-state index contributed by atoms with van der Waals surface area (Å²) in [5, 5.41) is 0. The number of hydrogen-bond donors (Lipinski definition) is 0. The maximum atomic E-state index is 12.4. The first-order valence-corrected chi connectivity index (χ1v) is 8.25. The van der Waals surface area contributed by atoms with E-state index in [1.807, 2.05) is 30.3 Å². The van der Waals surface area contributed by atoms with Gasteiger partial charge in [-0.3, -0.25) is 9.69 Å². The van der Waals surface area contributed by atoms with Crippen molar-refractivity contribution in [2.75, 3.05) is 19.7 Å². The summed E-state index contributed by atoms with van der Waals surface area (Å²) in [7, 11) is 0. The zero-order chi connectivity index (χ0) is 14.9. The minimum atomic E-state index is -0.0513. The summed E-state index contributed by atoms with van der Waals surface area (Å²) >= 11 is 0. The van der Waals surface area contributed by atoms with Crippen LogP contribution in [0.5, 0.6) is 0 Å². The molecule has 116 valence electrons. The van der Waals surface area contributed by atoms with Crippen molar-refractivity contribution >= 4 is 5.78 Å². The third-order valence-corrected chi connectivity index (χ3v) is 4.06. The van der Waals surface area contributed by atoms with Gasteiger partial charge in [-0.15, -0.1) is 0 Å². The highest BCUT2D eigenvalue weighted by Crippen LogP contribution is 2.18. The maximum Gasteiger partial charge on any atom is 0.166 e. The molecule has 1 saturated heterocycles. The highest BCUT2D eigenvalue weighted by atomic mass is 16.5. The molecule has 0 aliphatic carbocycles. The molecule has 0 radical (unpaired) electrons. The highest BCUT2D eigenvalue weighted by molar-refractivity contribution is 5.96. The fraction of sp³-hybridized carbons (Fsp3) is 0.611. The van der Waals surface area contributed by atoms with Crippen molar-refractivity contribution in [2.45, 2.75) is 51.7 Å². The number of nitrogens with zero attached hydrogens (tertiary/aromatic N) is 1. The fourth-order valence-electron chi connectivity index (χ4n) is 2.76. The molecule has 0 saturated carbocycles. The van der Waals surface area contributed by atoms with Gasteiger partial charge in [0.15, 0.2) is 5.78 Å². The van der Waals surface area contributed by atoms with E-state index in [-0.39, 0.29) is 12.0 Å². The minimum absolute atomic E-state index is 0.0513. The Morgan fingerprint density at radius 1 is 1.19 bits per heavy atom. The lowest BCUT2D eigenvalue weighted by Gasteiger charge is -2.34. The molecule has 3 nitrogen and oxygen atoms in total. The summed E-state index contributed by atoms with van der Waals surface area (Å²) in [6.45, 7) is 5.02. The van der Waals surface area contributed by atoms with E-state index in [1.165, 1.54) is 19.3 Å². The summed E-state index contributed by atoms with van der Waals surface area (Å²) in [5.74, 6) is 0.183. The zero-order valence-corrected chi connectivity index (χ0v) is 13.1. The van der Waals surface area contributed by atoms with Crippen molar-refractivity contribution in [1.29, 1.82) is 0 Å². The third-order valence-electron chi connectivity index (χ3n) is 4.06. The van der Waals surface area contributed by atoms with Crippen LogP contribution in [0.15, 0.2) is 30.3 Å². The van der Waals surface area contributed by atoms with Gasteiger partial charge in [0.2, 0.25) is 0 Å². The van der Waals surface area contributed by atoms with Crippen molar-refractivity contribution < 1.29 is 9.53 Å². The molecule has 0 aromatic heterocycles. The second kappa shape index (κ2) is 8.96. The molecule has 1 fully saturated rings. The number of ketones is 1. The SMILES string of the molecule is CCCCOC(CC(=O)c1ccccc1)N1CCCCC1. The molecule has 1 heterocycles. The van der Waals surface area contributed by atoms with E-state index in [1.54, 1.807) is 0 Å². The first-order valence-electron chi connectivity index (χ1n) is 8.25. The van der Waals surface area contributed by atoms with Gasteiger partial charge in [0.05, 0.1) is 6.42 Å². The monoisotopic (exact) mass is 289 g/mol. The number of carbonyl (C=O) groups is 1. The Bertz CT molecular complexity index is 412. The number of carbonyl (C=O) groups excluding carboxylic acids is 1. The van der Waals surface area contributed by atoms with Crippen LogP contribution in [0.25, 0.3) is 0 Å². The lowest BCUT2D eigenvalue weighted by molar-refractivity contribution is -0.0668. The van der Waals surface area contributed by atoms with Gasteiger partial charge in [-0.2, -0.15) is 0 Å². The second-order valence-electron chi connectivity index (χ2n) is 5.77. The van der Waals surface area contributed by atoms with Crippen LogP contribution >= 0.6 is 0 Å². The highest BCUT2D eigenvalue weighted by Gasteiger charge is 2.24. The second-order valence-corrected chi connectivity index (χ2v) is 5.77. The van der Waals surface area contributed by atoms with Gasteiger partial charge < -0.3 is 4.74 Å². The van der Waals surface area contributed by atoms with Crippen LogP contribution in [-0.4, -0.2) is 36.6 Å². The van der Waals surface area contributed by atoms with Crippen molar-refractivity contribution in [3.05, 3.63) is 35.9 Å². The van der Waals surface area contributed by atoms with Crippen LogP contribution in [0.4, 0.5) is 0 Å². The van der Waals surface area contributed by atoms with Gasteiger partial charge in [-0.1, -0.05) is 50.1 Å². The Balaban J connectivity index is 1.95. The molecule has 1 aliphatic rings. The molecule has 1 aromatic rings. The molecule has 1 unspecified atom stereocenters. The van der Waals surface area contributed by atoms with Crippen molar-refractivity contribution in [2.24, 2.45) is 0 Å². The van der Waals surface area contributed by atoms with Crippen LogP contribution in [0.1, 0.15) is 55.8 Å². The van der Waals surface area contributed by atoms with Crippen molar-refractivity contribution in [3.8, 4) is 0 Å². The Morgan fingerprint density at radius 2 is 1.90 bits per heavy atom. The van der Waals surface area contributed by atoms with Crippen LogP contribution in [0.3, 0.4) is 0 Å². The molecular formula is C18H27NO2. The van der Waals surface area contributed by atoms with Gasteiger partial charge in [0.1, 0.15) is 6.23 Å². The van der Waals surface area contributed by atoms with Gasteiger partial charge in [-0.05, 0) is 19.3 Å². The van der Waals surface area contributed by atoms with Gasteiger partial charge in [-0.25, -0.2) is 0 Å². The molecule has 0 amide bonds. The number of benzene rings is 1. The molecule has 1 aliphatic heterocycles. The van der Waals surface area contributed by atoms with Crippen LogP contribution in [0.2, 0.25) is 0 Å². The van der Waals surface area contributed by atoms with E-state index in [0.29, 0.717) is 6.42 Å². The lowest BCUT2D eigenvalue weighted by atomic mass is 10.1. The smallest absolute Gasteiger partial charge is 0.166 e. The molecule has 0 N–H and O–H groups in total. The number of piperidine rings is 1. The Hall–Kier alpha value is -1.19. The molecule has 1 atom stereocenters. The first-order chi connectivity index (χ1) is 10.3. The molecule has 2 rings (SSSR count). The summed E-state index contributed by atoms with van der Waals surface area (Å²) < 4.78 is 6.02. The molecular weight excluding hydrogens is 262 g/mol. The largest absolute Gasteiger partial charge is 0.363 e. The number of likely N-dealkylation sites (tertiary alicyclic amines) is 1. The fourth-order valence-corrected chi connectivity index (χ4v) is 2.76. The number of ether oxygens (including phenoxy) is 1. The predicted octanol–water partition coefficient (Wildman–Crippen LogP) is 3.89. The molecule has 21 heavy (non-hydrogen) atoms. The maximum absolute atomic E-state index is 12.4. The Labute approximate surface area is 128 Å². The van der Waals surface area contributed by atoms with E-state index in [9.17, 15) is 4.79 Å². The first kappa shape index (κ1) is 16.2. The van der Waals surface area contributed by atoms with E-state index in [0.717, 1.165) is 38.1 Å². The minimum Gasteiger partial charge on any atom is -0.363 e. The summed E-state index contributed by atoms with van der Waals surface area (Å²) in [6.07, 6.45) is 6.33. The molecule has 1 aromatic carbocycles. The quantitative estimate of drug-likeness (QED) is 0.537. The number of unbranched alkanes of at least 4 members (excludes halogenated alkanes) is 1. The van der Waals surface area contributed by atoms with E-state index in [2.05, 4.69) is 11.8 Å². The molecule has 3 heteroatoms. The average Bonchev–Trinajstić information content (AvgIpc) is 2.55. The number of hydrogen-bond acceptors (Lipinski definition) is 3. The van der Waals surface area contributed by atoms with Crippen molar-refractivity contribution in [1.82, 2.24) is 4.90 Å².